The molecule has 0 bridgehead atoms. The van der Waals surface area contributed by atoms with Crippen molar-refractivity contribution in [3.63, 3.8) is 0 Å². The zero-order chi connectivity index (χ0) is 20.4. The maximum absolute atomic E-state index is 13.8. The van der Waals surface area contributed by atoms with Gasteiger partial charge in [0.25, 0.3) is 5.91 Å². The van der Waals surface area contributed by atoms with Crippen molar-refractivity contribution in [1.29, 1.82) is 0 Å². The van der Waals surface area contributed by atoms with Gasteiger partial charge >= 0.3 is 5.97 Å². The predicted molar refractivity (Wildman–Crippen MR) is 106 cm³/mol. The number of benzene rings is 2. The fraction of sp³-hybridized carbons (Fsp3) is 0.238. The van der Waals surface area contributed by atoms with E-state index in [4.69, 9.17) is 14.2 Å². The maximum Gasteiger partial charge on any atom is 0.348 e. The standard InChI is InChI=1S/C21H18FNO5S/c1-23(11-13-5-6-16-17(9-13)27-8-7-26-16)20(24)12-28-21(25)19-10-14-15(22)3-2-4-18(14)29-19/h2-6,9-10H,7-8,11-12H2,1H3. The van der Waals surface area contributed by atoms with Crippen LogP contribution in [0.5, 0.6) is 11.5 Å². The second kappa shape index (κ2) is 8.08. The molecule has 0 radical (unpaired) electrons. The first-order chi connectivity index (χ1) is 14.0. The van der Waals surface area contributed by atoms with Crippen LogP contribution in [0.3, 0.4) is 0 Å². The number of hydrogen-bond donors (Lipinski definition) is 0. The molecule has 0 unspecified atom stereocenters. The highest BCUT2D eigenvalue weighted by molar-refractivity contribution is 7.20. The van der Waals surface area contributed by atoms with Gasteiger partial charge in [-0.3, -0.25) is 4.79 Å². The van der Waals surface area contributed by atoms with Crippen LogP contribution in [-0.4, -0.2) is 43.6 Å². The van der Waals surface area contributed by atoms with Gasteiger partial charge in [0.15, 0.2) is 18.1 Å². The molecule has 0 spiro atoms. The highest BCUT2D eigenvalue weighted by Gasteiger charge is 2.18. The number of rotatable bonds is 5. The van der Waals surface area contributed by atoms with Crippen molar-refractivity contribution < 1.29 is 28.2 Å². The number of ether oxygens (including phenoxy) is 3. The molecule has 0 atom stereocenters. The van der Waals surface area contributed by atoms with Crippen LogP contribution in [0.4, 0.5) is 4.39 Å². The number of halogens is 1. The number of nitrogens with zero attached hydrogens (tertiary/aromatic N) is 1. The van der Waals surface area contributed by atoms with Gasteiger partial charge in [-0.1, -0.05) is 12.1 Å². The third kappa shape index (κ3) is 4.17. The summed E-state index contributed by atoms with van der Waals surface area (Å²) in [4.78, 5) is 26.3. The molecule has 2 heterocycles. The molecule has 3 aromatic rings. The molecule has 1 aliphatic rings. The lowest BCUT2D eigenvalue weighted by atomic mass is 10.2. The number of likely N-dealkylation sites (N-methyl/N-ethyl adjacent to an activating group) is 1. The Morgan fingerprint density at radius 2 is 1.93 bits per heavy atom. The van der Waals surface area contributed by atoms with Crippen molar-refractivity contribution in [2.45, 2.75) is 6.54 Å². The van der Waals surface area contributed by atoms with Gasteiger partial charge in [0.05, 0.1) is 0 Å². The van der Waals surface area contributed by atoms with E-state index < -0.39 is 18.4 Å². The van der Waals surface area contributed by atoms with E-state index in [2.05, 4.69) is 0 Å². The molecule has 4 rings (SSSR count). The minimum absolute atomic E-state index is 0.257. The summed E-state index contributed by atoms with van der Waals surface area (Å²) in [5.74, 6) is -0.0547. The fourth-order valence-corrected chi connectivity index (χ4v) is 3.95. The van der Waals surface area contributed by atoms with Gasteiger partial charge in [-0.15, -0.1) is 11.3 Å². The molecule has 1 aliphatic heterocycles. The average Bonchev–Trinajstić information content (AvgIpc) is 3.17. The number of thiophene rings is 1. The first-order valence-electron chi connectivity index (χ1n) is 8.99. The number of fused-ring (bicyclic) bond motifs is 2. The van der Waals surface area contributed by atoms with Crippen LogP contribution in [0.2, 0.25) is 0 Å². The average molecular weight is 415 g/mol. The Labute approximate surface area is 170 Å². The highest BCUT2D eigenvalue weighted by atomic mass is 32.1. The molecule has 0 saturated heterocycles. The first-order valence-corrected chi connectivity index (χ1v) is 9.80. The Bertz CT molecular complexity index is 1080. The number of carbonyl (C=O) groups is 2. The second-order valence-corrected chi connectivity index (χ2v) is 7.65. The van der Waals surface area contributed by atoms with Crippen LogP contribution in [0.25, 0.3) is 10.1 Å². The molecule has 6 nitrogen and oxygen atoms in total. The normalized spacial score (nSPS) is 12.6. The molecule has 150 valence electrons. The molecule has 29 heavy (non-hydrogen) atoms. The van der Waals surface area contributed by atoms with Crippen molar-refractivity contribution in [3.05, 3.63) is 58.7 Å². The van der Waals surface area contributed by atoms with E-state index in [1.165, 1.54) is 17.0 Å². The zero-order valence-electron chi connectivity index (χ0n) is 15.6. The summed E-state index contributed by atoms with van der Waals surface area (Å²) in [6.07, 6.45) is 0. The largest absolute Gasteiger partial charge is 0.486 e. The summed E-state index contributed by atoms with van der Waals surface area (Å²) in [7, 11) is 1.63. The van der Waals surface area contributed by atoms with E-state index in [9.17, 15) is 14.0 Å². The Balaban J connectivity index is 1.34. The Morgan fingerprint density at radius 1 is 1.14 bits per heavy atom. The molecule has 1 amide bonds. The number of hydrogen-bond acceptors (Lipinski definition) is 6. The Morgan fingerprint density at radius 3 is 2.72 bits per heavy atom. The van der Waals surface area contributed by atoms with E-state index in [-0.39, 0.29) is 10.8 Å². The molecule has 8 heteroatoms. The lowest BCUT2D eigenvalue weighted by Crippen LogP contribution is -2.30. The van der Waals surface area contributed by atoms with Gasteiger partial charge in [-0.25, -0.2) is 9.18 Å². The second-order valence-electron chi connectivity index (χ2n) is 6.57. The minimum atomic E-state index is -0.647. The maximum atomic E-state index is 13.8. The van der Waals surface area contributed by atoms with Crippen LogP contribution in [0.15, 0.2) is 42.5 Å². The van der Waals surface area contributed by atoms with E-state index >= 15 is 0 Å². The molecule has 1 aromatic heterocycles. The number of carbonyl (C=O) groups excluding carboxylic acids is 2. The summed E-state index contributed by atoms with van der Waals surface area (Å²) in [6, 6.07) is 11.6. The van der Waals surface area contributed by atoms with Gasteiger partial charge in [0.2, 0.25) is 0 Å². The molecular formula is C21H18FNO5S. The lowest BCUT2D eigenvalue weighted by Gasteiger charge is -2.21. The number of amides is 1. The van der Waals surface area contributed by atoms with E-state index in [0.717, 1.165) is 16.9 Å². The molecule has 0 saturated carbocycles. The van der Waals surface area contributed by atoms with Gasteiger partial charge in [0, 0.05) is 23.7 Å². The summed E-state index contributed by atoms with van der Waals surface area (Å²) >= 11 is 1.13. The summed E-state index contributed by atoms with van der Waals surface area (Å²) < 4.78 is 30.6. The molecule has 2 aromatic carbocycles. The lowest BCUT2D eigenvalue weighted by molar-refractivity contribution is -0.133. The van der Waals surface area contributed by atoms with Gasteiger partial charge < -0.3 is 19.1 Å². The van der Waals surface area contributed by atoms with E-state index in [0.29, 0.717) is 41.3 Å². The monoisotopic (exact) mass is 415 g/mol. The number of esters is 1. The molecule has 0 fully saturated rings. The molecule has 0 aliphatic carbocycles. The van der Waals surface area contributed by atoms with Crippen molar-refractivity contribution in [1.82, 2.24) is 4.90 Å². The van der Waals surface area contributed by atoms with Crippen LogP contribution < -0.4 is 9.47 Å². The predicted octanol–water partition coefficient (Wildman–Crippen LogP) is 3.63. The Kier molecular flexibility index (Phi) is 5.35. The highest BCUT2D eigenvalue weighted by Crippen LogP contribution is 2.31. The van der Waals surface area contributed by atoms with E-state index in [1.807, 2.05) is 18.2 Å². The third-order valence-electron chi connectivity index (χ3n) is 4.49. The third-order valence-corrected chi connectivity index (χ3v) is 5.57. The van der Waals surface area contributed by atoms with Crippen LogP contribution in [-0.2, 0) is 16.1 Å². The van der Waals surface area contributed by atoms with Crippen molar-refractivity contribution in [3.8, 4) is 11.5 Å². The zero-order valence-corrected chi connectivity index (χ0v) is 16.5. The Hall–Kier alpha value is -3.13. The van der Waals surface area contributed by atoms with Crippen LogP contribution in [0, 0.1) is 5.82 Å². The van der Waals surface area contributed by atoms with Crippen molar-refractivity contribution in [2.75, 3.05) is 26.9 Å². The van der Waals surface area contributed by atoms with Crippen molar-refractivity contribution >= 4 is 33.3 Å². The smallest absolute Gasteiger partial charge is 0.348 e. The van der Waals surface area contributed by atoms with Gasteiger partial charge in [0.1, 0.15) is 23.9 Å². The van der Waals surface area contributed by atoms with Gasteiger partial charge in [-0.2, -0.15) is 0 Å². The van der Waals surface area contributed by atoms with Gasteiger partial charge in [-0.05, 0) is 35.9 Å². The summed E-state index contributed by atoms with van der Waals surface area (Å²) in [5, 5.41) is 0.367. The SMILES string of the molecule is CN(Cc1ccc2c(c1)OCCO2)C(=O)COC(=O)c1cc2c(F)cccc2s1. The molecule has 0 N–H and O–H groups in total. The van der Waals surface area contributed by atoms with Crippen LogP contribution in [0.1, 0.15) is 15.2 Å². The topological polar surface area (TPSA) is 65.1 Å². The summed E-state index contributed by atoms with van der Waals surface area (Å²) in [6.45, 7) is 0.948. The quantitative estimate of drug-likeness (QED) is 0.596. The fourth-order valence-electron chi connectivity index (χ4n) is 2.98. The van der Waals surface area contributed by atoms with E-state index in [1.54, 1.807) is 19.2 Å². The molecular weight excluding hydrogens is 397 g/mol. The first kappa shape index (κ1) is 19.2. The minimum Gasteiger partial charge on any atom is -0.486 e. The van der Waals surface area contributed by atoms with Crippen LogP contribution >= 0.6 is 11.3 Å². The summed E-state index contributed by atoms with van der Waals surface area (Å²) in [5.41, 5.74) is 0.872. The van der Waals surface area contributed by atoms with Crippen molar-refractivity contribution in [2.24, 2.45) is 0 Å².